The average molecular weight is 173 g/mol. The fourth-order valence-corrected chi connectivity index (χ4v) is 1.45. The van der Waals surface area contributed by atoms with Gasteiger partial charge in [-0.1, -0.05) is 12.1 Å². The van der Waals surface area contributed by atoms with Crippen LogP contribution in [0.3, 0.4) is 0 Å². The van der Waals surface area contributed by atoms with Crippen molar-refractivity contribution in [2.24, 2.45) is 0 Å². The SMILES string of the molecule is N#Cc1cccc(CC2(O)CC2)c1. The first kappa shape index (κ1) is 8.28. The molecule has 0 aromatic heterocycles. The Hall–Kier alpha value is -1.33. The lowest BCUT2D eigenvalue weighted by Crippen LogP contribution is -2.10. The lowest BCUT2D eigenvalue weighted by Gasteiger charge is -2.06. The van der Waals surface area contributed by atoms with Crippen LogP contribution in [0.25, 0.3) is 0 Å². The molecule has 0 atom stereocenters. The number of nitrogens with zero attached hydrogens (tertiary/aromatic N) is 1. The Bertz CT molecular complexity index is 361. The van der Waals surface area contributed by atoms with E-state index in [4.69, 9.17) is 5.26 Å². The maximum Gasteiger partial charge on any atom is 0.0991 e. The summed E-state index contributed by atoms with van der Waals surface area (Å²) in [5.41, 5.74) is 1.26. The first-order valence-corrected chi connectivity index (χ1v) is 4.43. The molecule has 66 valence electrons. The van der Waals surface area contributed by atoms with Crippen LogP contribution in [0.1, 0.15) is 24.0 Å². The van der Waals surface area contributed by atoms with Crippen LogP contribution in [0.2, 0.25) is 0 Å². The van der Waals surface area contributed by atoms with Crippen molar-refractivity contribution in [3.8, 4) is 6.07 Å². The van der Waals surface area contributed by atoms with E-state index in [2.05, 4.69) is 6.07 Å². The summed E-state index contributed by atoms with van der Waals surface area (Å²) < 4.78 is 0. The van der Waals surface area contributed by atoms with Crippen molar-refractivity contribution in [2.75, 3.05) is 0 Å². The highest BCUT2D eigenvalue weighted by Gasteiger charge is 2.39. The summed E-state index contributed by atoms with van der Waals surface area (Å²) in [5.74, 6) is 0. The smallest absolute Gasteiger partial charge is 0.0991 e. The average Bonchev–Trinajstić information content (AvgIpc) is 2.84. The van der Waals surface area contributed by atoms with Crippen molar-refractivity contribution in [1.29, 1.82) is 5.26 Å². The molecule has 0 radical (unpaired) electrons. The molecule has 0 heterocycles. The predicted molar refractivity (Wildman–Crippen MR) is 49.0 cm³/mol. The van der Waals surface area contributed by atoms with Crippen LogP contribution < -0.4 is 0 Å². The van der Waals surface area contributed by atoms with Crippen LogP contribution in [0.15, 0.2) is 24.3 Å². The molecule has 0 spiro atoms. The van der Waals surface area contributed by atoms with Gasteiger partial charge in [-0.25, -0.2) is 0 Å². The molecule has 2 nitrogen and oxygen atoms in total. The maximum atomic E-state index is 9.66. The highest BCUT2D eigenvalue weighted by atomic mass is 16.3. The molecule has 0 amide bonds. The van der Waals surface area contributed by atoms with E-state index in [0.29, 0.717) is 12.0 Å². The molecule has 0 saturated heterocycles. The first-order valence-electron chi connectivity index (χ1n) is 4.43. The Morgan fingerprint density at radius 2 is 2.23 bits per heavy atom. The van der Waals surface area contributed by atoms with E-state index in [-0.39, 0.29) is 0 Å². The van der Waals surface area contributed by atoms with Gasteiger partial charge in [-0.05, 0) is 30.5 Å². The molecule has 1 saturated carbocycles. The maximum absolute atomic E-state index is 9.66. The van der Waals surface area contributed by atoms with Crippen molar-refractivity contribution < 1.29 is 5.11 Å². The first-order chi connectivity index (χ1) is 6.22. The second-order valence-electron chi connectivity index (χ2n) is 3.71. The van der Waals surface area contributed by atoms with Crippen molar-refractivity contribution in [1.82, 2.24) is 0 Å². The van der Waals surface area contributed by atoms with Gasteiger partial charge in [0.15, 0.2) is 0 Å². The summed E-state index contributed by atoms with van der Waals surface area (Å²) in [4.78, 5) is 0. The zero-order valence-corrected chi connectivity index (χ0v) is 7.33. The van der Waals surface area contributed by atoms with Gasteiger partial charge in [0.2, 0.25) is 0 Å². The number of hydrogen-bond donors (Lipinski definition) is 1. The number of nitriles is 1. The van der Waals surface area contributed by atoms with Crippen LogP contribution in [0.4, 0.5) is 0 Å². The summed E-state index contributed by atoms with van der Waals surface area (Å²) in [6.45, 7) is 0. The molecule has 0 unspecified atom stereocenters. The minimum Gasteiger partial charge on any atom is -0.390 e. The van der Waals surface area contributed by atoms with Crippen molar-refractivity contribution in [3.63, 3.8) is 0 Å². The summed E-state index contributed by atoms with van der Waals surface area (Å²) in [6.07, 6.45) is 2.47. The van der Waals surface area contributed by atoms with Crippen LogP contribution in [0, 0.1) is 11.3 Å². The summed E-state index contributed by atoms with van der Waals surface area (Å²) in [5, 5.41) is 18.3. The van der Waals surface area contributed by atoms with Gasteiger partial charge in [0.05, 0.1) is 17.2 Å². The largest absolute Gasteiger partial charge is 0.390 e. The van der Waals surface area contributed by atoms with Gasteiger partial charge < -0.3 is 5.11 Å². The molecule has 1 aromatic rings. The predicted octanol–water partition coefficient (Wildman–Crippen LogP) is 1.63. The molecule has 1 aromatic carbocycles. The number of hydrogen-bond acceptors (Lipinski definition) is 2. The van der Waals surface area contributed by atoms with E-state index < -0.39 is 5.60 Å². The quantitative estimate of drug-likeness (QED) is 0.738. The monoisotopic (exact) mass is 173 g/mol. The van der Waals surface area contributed by atoms with Gasteiger partial charge in [0.25, 0.3) is 0 Å². The van der Waals surface area contributed by atoms with Gasteiger partial charge >= 0.3 is 0 Å². The van der Waals surface area contributed by atoms with Gasteiger partial charge in [-0.2, -0.15) is 5.26 Å². The normalized spacial score (nSPS) is 17.8. The fraction of sp³-hybridized carbons (Fsp3) is 0.364. The lowest BCUT2D eigenvalue weighted by molar-refractivity contribution is 0.151. The Morgan fingerprint density at radius 1 is 1.46 bits per heavy atom. The lowest BCUT2D eigenvalue weighted by atomic mass is 10.0. The standard InChI is InChI=1S/C11H11NO/c12-8-10-3-1-2-9(6-10)7-11(13)4-5-11/h1-3,6,13H,4-5,7H2. The molecule has 2 rings (SSSR count). The molecule has 0 aliphatic heterocycles. The molecule has 1 N–H and O–H groups in total. The van der Waals surface area contributed by atoms with Crippen LogP contribution >= 0.6 is 0 Å². The second-order valence-corrected chi connectivity index (χ2v) is 3.71. The van der Waals surface area contributed by atoms with E-state index in [1.807, 2.05) is 18.2 Å². The van der Waals surface area contributed by atoms with Gasteiger partial charge in [-0.15, -0.1) is 0 Å². The third-order valence-electron chi connectivity index (χ3n) is 2.42. The van der Waals surface area contributed by atoms with Gasteiger partial charge in [0.1, 0.15) is 0 Å². The van der Waals surface area contributed by atoms with Crippen LogP contribution in [0.5, 0.6) is 0 Å². The van der Waals surface area contributed by atoms with E-state index in [9.17, 15) is 5.11 Å². The molecule has 1 fully saturated rings. The Balaban J connectivity index is 2.17. The Labute approximate surface area is 77.4 Å². The van der Waals surface area contributed by atoms with Crippen molar-refractivity contribution in [3.05, 3.63) is 35.4 Å². The molecule has 0 bridgehead atoms. The van der Waals surface area contributed by atoms with E-state index in [1.165, 1.54) is 0 Å². The van der Waals surface area contributed by atoms with Crippen LogP contribution in [-0.4, -0.2) is 10.7 Å². The van der Waals surface area contributed by atoms with Crippen LogP contribution in [-0.2, 0) is 6.42 Å². The number of benzene rings is 1. The zero-order chi connectivity index (χ0) is 9.31. The minimum atomic E-state index is -0.464. The molecule has 1 aliphatic carbocycles. The molecule has 1 aliphatic rings. The highest BCUT2D eigenvalue weighted by molar-refractivity contribution is 5.33. The van der Waals surface area contributed by atoms with E-state index in [1.54, 1.807) is 6.07 Å². The molecule has 2 heteroatoms. The summed E-state index contributed by atoms with van der Waals surface area (Å²) >= 11 is 0. The topological polar surface area (TPSA) is 44.0 Å². The summed E-state index contributed by atoms with van der Waals surface area (Å²) in [7, 11) is 0. The molecule has 13 heavy (non-hydrogen) atoms. The number of aliphatic hydroxyl groups is 1. The summed E-state index contributed by atoms with van der Waals surface area (Å²) in [6, 6.07) is 9.53. The molecular formula is C11H11NO. The third kappa shape index (κ3) is 1.88. The van der Waals surface area contributed by atoms with Crippen molar-refractivity contribution in [2.45, 2.75) is 24.9 Å². The molecular weight excluding hydrogens is 162 g/mol. The van der Waals surface area contributed by atoms with E-state index in [0.717, 1.165) is 18.4 Å². The second kappa shape index (κ2) is 2.86. The highest BCUT2D eigenvalue weighted by Crippen LogP contribution is 2.38. The Morgan fingerprint density at radius 3 is 2.85 bits per heavy atom. The zero-order valence-electron chi connectivity index (χ0n) is 7.33. The fourth-order valence-electron chi connectivity index (χ4n) is 1.45. The van der Waals surface area contributed by atoms with Gasteiger partial charge in [0, 0.05) is 6.42 Å². The van der Waals surface area contributed by atoms with Gasteiger partial charge in [-0.3, -0.25) is 0 Å². The van der Waals surface area contributed by atoms with E-state index >= 15 is 0 Å². The minimum absolute atomic E-state index is 0.464. The third-order valence-corrected chi connectivity index (χ3v) is 2.42. The van der Waals surface area contributed by atoms with Crippen molar-refractivity contribution >= 4 is 0 Å². The Kier molecular flexibility index (Phi) is 1.82. The number of rotatable bonds is 2.